The normalized spacial score (nSPS) is 35.6. The van der Waals surface area contributed by atoms with E-state index in [9.17, 15) is 0 Å². The van der Waals surface area contributed by atoms with E-state index >= 15 is 0 Å². The van der Waals surface area contributed by atoms with E-state index in [2.05, 4.69) is 26.1 Å². The molecule has 2 heteroatoms. The van der Waals surface area contributed by atoms with E-state index < -0.39 is 0 Å². The first-order valence-electron chi connectivity index (χ1n) is 2.99. The van der Waals surface area contributed by atoms with Gasteiger partial charge in [0.15, 0.2) is 0 Å². The average molecular weight is 131 g/mol. The molecule has 0 aromatic heterocycles. The van der Waals surface area contributed by atoms with Gasteiger partial charge in [0.2, 0.25) is 0 Å². The summed E-state index contributed by atoms with van der Waals surface area (Å²) in [5.41, 5.74) is 0.379. The molecule has 0 amide bonds. The highest BCUT2D eigenvalue weighted by Crippen LogP contribution is 2.24. The van der Waals surface area contributed by atoms with Crippen molar-refractivity contribution in [2.45, 2.75) is 31.7 Å². The van der Waals surface area contributed by atoms with Crippen molar-refractivity contribution in [1.82, 2.24) is 5.32 Å². The van der Waals surface area contributed by atoms with Gasteiger partial charge < -0.3 is 0 Å². The van der Waals surface area contributed by atoms with Crippen molar-refractivity contribution in [2.24, 2.45) is 0 Å². The van der Waals surface area contributed by atoms with Gasteiger partial charge in [-0.15, -0.1) is 11.8 Å². The molecule has 48 valence electrons. The van der Waals surface area contributed by atoms with Crippen LogP contribution in [0.2, 0.25) is 0 Å². The minimum atomic E-state index is 0.379. The molecule has 1 atom stereocenters. The standard InChI is InChI=1S/C6H13NS/c1-5-7-6(2,3)4-8-5/h5,7H,4H2,1-3H3. The van der Waals surface area contributed by atoms with E-state index in [-0.39, 0.29) is 0 Å². The van der Waals surface area contributed by atoms with Crippen LogP contribution in [0.15, 0.2) is 0 Å². The number of nitrogens with one attached hydrogen (secondary N) is 1. The quantitative estimate of drug-likeness (QED) is 0.534. The molecule has 1 heterocycles. The minimum Gasteiger partial charge on any atom is -0.300 e. The Bertz CT molecular complexity index is 90.5. The van der Waals surface area contributed by atoms with E-state index in [0.717, 1.165) is 0 Å². The fourth-order valence-electron chi connectivity index (χ4n) is 0.967. The molecule has 1 aliphatic heterocycles. The third-order valence-corrected chi connectivity index (χ3v) is 2.79. The van der Waals surface area contributed by atoms with Gasteiger partial charge in [0.25, 0.3) is 0 Å². The largest absolute Gasteiger partial charge is 0.300 e. The van der Waals surface area contributed by atoms with Crippen molar-refractivity contribution >= 4 is 11.8 Å². The molecule has 1 rings (SSSR count). The zero-order valence-electron chi connectivity index (χ0n) is 5.69. The third-order valence-electron chi connectivity index (χ3n) is 1.29. The molecule has 0 aromatic rings. The Labute approximate surface area is 55.2 Å². The van der Waals surface area contributed by atoms with E-state index in [1.54, 1.807) is 0 Å². The molecule has 0 saturated carbocycles. The molecule has 1 saturated heterocycles. The Kier molecular flexibility index (Phi) is 1.54. The van der Waals surface area contributed by atoms with Crippen LogP contribution in [0, 0.1) is 0 Å². The first-order chi connectivity index (χ1) is 3.60. The Hall–Kier alpha value is 0.310. The summed E-state index contributed by atoms with van der Waals surface area (Å²) in [5, 5.41) is 4.11. The second-order valence-corrected chi connectivity index (χ2v) is 4.31. The van der Waals surface area contributed by atoms with Crippen LogP contribution < -0.4 is 5.32 Å². The van der Waals surface area contributed by atoms with Crippen molar-refractivity contribution in [3.63, 3.8) is 0 Å². The molecule has 1 fully saturated rings. The molecule has 0 bridgehead atoms. The predicted octanol–water partition coefficient (Wildman–Crippen LogP) is 1.45. The summed E-state index contributed by atoms with van der Waals surface area (Å²) < 4.78 is 0. The number of rotatable bonds is 0. The van der Waals surface area contributed by atoms with Crippen LogP contribution >= 0.6 is 11.8 Å². The highest BCUT2D eigenvalue weighted by molar-refractivity contribution is 8.00. The van der Waals surface area contributed by atoms with Crippen molar-refractivity contribution in [3.8, 4) is 0 Å². The molecule has 1 nitrogen and oxygen atoms in total. The van der Waals surface area contributed by atoms with Gasteiger partial charge in [0.05, 0.1) is 5.37 Å². The van der Waals surface area contributed by atoms with Crippen LogP contribution in [-0.4, -0.2) is 16.7 Å². The van der Waals surface area contributed by atoms with Gasteiger partial charge in [-0.05, 0) is 20.8 Å². The molecule has 0 spiro atoms. The zero-order valence-corrected chi connectivity index (χ0v) is 6.51. The number of hydrogen-bond donors (Lipinski definition) is 1. The summed E-state index contributed by atoms with van der Waals surface area (Å²) >= 11 is 1.99. The van der Waals surface area contributed by atoms with E-state index in [4.69, 9.17) is 0 Å². The second kappa shape index (κ2) is 1.92. The zero-order chi connectivity index (χ0) is 6.20. The van der Waals surface area contributed by atoms with Crippen LogP contribution in [0.3, 0.4) is 0 Å². The monoisotopic (exact) mass is 131 g/mol. The summed E-state index contributed by atoms with van der Waals surface area (Å²) in [6, 6.07) is 0. The van der Waals surface area contributed by atoms with Gasteiger partial charge in [-0.3, -0.25) is 5.32 Å². The number of thioether (sulfide) groups is 1. The molecular formula is C6H13NS. The lowest BCUT2D eigenvalue weighted by Crippen LogP contribution is -2.37. The lowest BCUT2D eigenvalue weighted by atomic mass is 10.1. The number of hydrogen-bond acceptors (Lipinski definition) is 2. The van der Waals surface area contributed by atoms with Gasteiger partial charge in [-0.2, -0.15) is 0 Å². The maximum Gasteiger partial charge on any atom is 0.0508 e. The topological polar surface area (TPSA) is 12.0 Å². The summed E-state index contributed by atoms with van der Waals surface area (Å²) in [6.07, 6.45) is 0. The fourth-order valence-corrected chi connectivity index (χ4v) is 2.12. The van der Waals surface area contributed by atoms with Crippen LogP contribution in [0.1, 0.15) is 20.8 Å². The van der Waals surface area contributed by atoms with Gasteiger partial charge in [0.1, 0.15) is 0 Å². The maximum absolute atomic E-state index is 3.46. The lowest BCUT2D eigenvalue weighted by molar-refractivity contribution is 0.457. The first-order valence-corrected chi connectivity index (χ1v) is 4.04. The van der Waals surface area contributed by atoms with Crippen LogP contribution in [0.5, 0.6) is 0 Å². The summed E-state index contributed by atoms with van der Waals surface area (Å²) in [7, 11) is 0. The second-order valence-electron chi connectivity index (χ2n) is 2.98. The van der Waals surface area contributed by atoms with Gasteiger partial charge >= 0.3 is 0 Å². The molecule has 1 unspecified atom stereocenters. The maximum atomic E-state index is 3.46. The van der Waals surface area contributed by atoms with Gasteiger partial charge in [-0.1, -0.05) is 0 Å². The van der Waals surface area contributed by atoms with Gasteiger partial charge in [0, 0.05) is 11.3 Å². The SMILES string of the molecule is CC1NC(C)(C)CS1. The Morgan fingerprint density at radius 1 is 1.62 bits per heavy atom. The fraction of sp³-hybridized carbons (Fsp3) is 1.00. The van der Waals surface area contributed by atoms with Crippen molar-refractivity contribution < 1.29 is 0 Å². The smallest absolute Gasteiger partial charge is 0.0508 e. The minimum absolute atomic E-state index is 0.379. The van der Waals surface area contributed by atoms with Crippen molar-refractivity contribution in [3.05, 3.63) is 0 Å². The summed E-state index contributed by atoms with van der Waals surface area (Å²) in [6.45, 7) is 6.69. The molecular weight excluding hydrogens is 118 g/mol. The lowest BCUT2D eigenvalue weighted by Gasteiger charge is -2.16. The van der Waals surface area contributed by atoms with E-state index in [1.807, 2.05) is 11.8 Å². The van der Waals surface area contributed by atoms with E-state index in [0.29, 0.717) is 10.9 Å². The van der Waals surface area contributed by atoms with Crippen molar-refractivity contribution in [2.75, 3.05) is 5.75 Å². The third kappa shape index (κ3) is 1.39. The van der Waals surface area contributed by atoms with Crippen LogP contribution in [0.4, 0.5) is 0 Å². The first kappa shape index (κ1) is 6.43. The highest BCUT2D eigenvalue weighted by atomic mass is 32.2. The highest BCUT2D eigenvalue weighted by Gasteiger charge is 2.27. The van der Waals surface area contributed by atoms with Crippen molar-refractivity contribution in [1.29, 1.82) is 0 Å². The molecule has 0 radical (unpaired) electrons. The molecule has 0 aliphatic carbocycles. The summed E-state index contributed by atoms with van der Waals surface area (Å²) in [5.74, 6) is 1.24. The van der Waals surface area contributed by atoms with Crippen LogP contribution in [-0.2, 0) is 0 Å². The van der Waals surface area contributed by atoms with E-state index in [1.165, 1.54) is 5.75 Å². The molecule has 1 aliphatic rings. The Morgan fingerprint density at radius 3 is 2.38 bits per heavy atom. The predicted molar refractivity (Wildman–Crippen MR) is 39.1 cm³/mol. The average Bonchev–Trinajstić information content (AvgIpc) is 1.82. The Morgan fingerprint density at radius 2 is 2.25 bits per heavy atom. The van der Waals surface area contributed by atoms with Gasteiger partial charge in [-0.25, -0.2) is 0 Å². The molecule has 0 aromatic carbocycles. The summed E-state index contributed by atoms with van der Waals surface area (Å²) in [4.78, 5) is 0. The Balaban J connectivity index is 2.44. The molecule has 8 heavy (non-hydrogen) atoms. The molecule has 1 N–H and O–H groups in total. The van der Waals surface area contributed by atoms with Crippen LogP contribution in [0.25, 0.3) is 0 Å².